The highest BCUT2D eigenvalue weighted by atomic mass is 15.1. The molecule has 1 aromatic heterocycles. The largest absolute Gasteiger partial charge is 0.345 e. The minimum absolute atomic E-state index is 0.994. The summed E-state index contributed by atoms with van der Waals surface area (Å²) in [7, 11) is 0. The average molecular weight is 179 g/mol. The van der Waals surface area contributed by atoms with Gasteiger partial charge in [0.1, 0.15) is 5.82 Å². The van der Waals surface area contributed by atoms with Crippen molar-refractivity contribution in [3.63, 3.8) is 0 Å². The molecule has 0 amide bonds. The van der Waals surface area contributed by atoms with E-state index in [1.54, 1.807) is 0 Å². The fraction of sp³-hybridized carbons (Fsp3) is 0.700. The first-order chi connectivity index (χ1) is 6.34. The first-order valence-corrected chi connectivity index (χ1v) is 5.07. The topological polar surface area (TPSA) is 31.9 Å². The van der Waals surface area contributed by atoms with E-state index in [1.807, 2.05) is 13.1 Å². The molecule has 0 aromatic carbocycles. The number of imidazole rings is 1. The summed E-state index contributed by atoms with van der Waals surface area (Å²) in [5.74, 6) is 1.11. The van der Waals surface area contributed by atoms with Crippen LogP contribution in [0.2, 0.25) is 0 Å². The number of piperidine rings is 1. The lowest BCUT2D eigenvalue weighted by Crippen LogP contribution is -2.29. The molecule has 0 saturated carbocycles. The van der Waals surface area contributed by atoms with Crippen molar-refractivity contribution in [2.45, 2.75) is 32.7 Å². The summed E-state index contributed by atoms with van der Waals surface area (Å²) in [4.78, 5) is 10.1. The third-order valence-electron chi connectivity index (χ3n) is 2.58. The van der Waals surface area contributed by atoms with Crippen molar-refractivity contribution in [1.29, 1.82) is 0 Å². The lowest BCUT2D eigenvalue weighted by Gasteiger charge is -2.25. The van der Waals surface area contributed by atoms with Gasteiger partial charge >= 0.3 is 0 Å². The molecule has 0 spiro atoms. The standard InChI is InChI=1S/C10H17N3/c1-9-7-11-10(12-9)8-13-5-3-2-4-6-13/h7H,2-6,8H2,1H3,(H,11,12). The van der Waals surface area contributed by atoms with Crippen LogP contribution < -0.4 is 0 Å². The van der Waals surface area contributed by atoms with E-state index in [2.05, 4.69) is 14.9 Å². The molecule has 13 heavy (non-hydrogen) atoms. The smallest absolute Gasteiger partial charge is 0.120 e. The zero-order valence-corrected chi connectivity index (χ0v) is 8.21. The number of hydrogen-bond acceptors (Lipinski definition) is 2. The number of aromatic nitrogens is 2. The van der Waals surface area contributed by atoms with E-state index in [1.165, 1.54) is 32.4 Å². The predicted molar refractivity (Wildman–Crippen MR) is 52.5 cm³/mol. The van der Waals surface area contributed by atoms with Crippen LogP contribution in [-0.2, 0) is 6.54 Å². The van der Waals surface area contributed by atoms with Gasteiger partial charge in [-0.1, -0.05) is 6.42 Å². The third-order valence-corrected chi connectivity index (χ3v) is 2.58. The zero-order chi connectivity index (χ0) is 9.10. The molecule has 3 nitrogen and oxygen atoms in total. The van der Waals surface area contributed by atoms with Crippen molar-refractivity contribution < 1.29 is 0 Å². The van der Waals surface area contributed by atoms with Crippen LogP contribution in [-0.4, -0.2) is 28.0 Å². The summed E-state index contributed by atoms with van der Waals surface area (Å²) in [6, 6.07) is 0. The summed E-state index contributed by atoms with van der Waals surface area (Å²) in [6.45, 7) is 5.51. The molecule has 1 aliphatic heterocycles. The maximum atomic E-state index is 4.31. The molecule has 0 unspecified atom stereocenters. The first-order valence-electron chi connectivity index (χ1n) is 5.07. The molecule has 1 aromatic rings. The van der Waals surface area contributed by atoms with E-state index >= 15 is 0 Å². The summed E-state index contributed by atoms with van der Waals surface area (Å²) >= 11 is 0. The Bertz CT molecular complexity index is 261. The predicted octanol–water partition coefficient (Wildman–Crippen LogP) is 1.70. The van der Waals surface area contributed by atoms with E-state index in [0.29, 0.717) is 0 Å². The van der Waals surface area contributed by atoms with Gasteiger partial charge in [0.2, 0.25) is 0 Å². The summed E-state index contributed by atoms with van der Waals surface area (Å²) in [6.07, 6.45) is 5.99. The first kappa shape index (κ1) is 8.75. The maximum absolute atomic E-state index is 4.31. The second-order valence-electron chi connectivity index (χ2n) is 3.85. The highest BCUT2D eigenvalue weighted by Gasteiger charge is 2.11. The van der Waals surface area contributed by atoms with Crippen molar-refractivity contribution in [2.24, 2.45) is 0 Å². The number of nitrogens with zero attached hydrogens (tertiary/aromatic N) is 2. The van der Waals surface area contributed by atoms with E-state index in [9.17, 15) is 0 Å². The van der Waals surface area contributed by atoms with Crippen LogP contribution >= 0.6 is 0 Å². The highest BCUT2D eigenvalue weighted by molar-refractivity contribution is 4.98. The van der Waals surface area contributed by atoms with Gasteiger partial charge in [0.25, 0.3) is 0 Å². The minimum Gasteiger partial charge on any atom is -0.345 e. The Balaban J connectivity index is 1.89. The molecule has 3 heteroatoms. The Hall–Kier alpha value is -0.830. The van der Waals surface area contributed by atoms with Gasteiger partial charge in [0.05, 0.1) is 6.54 Å². The van der Waals surface area contributed by atoms with Gasteiger partial charge < -0.3 is 4.98 Å². The van der Waals surface area contributed by atoms with Gasteiger partial charge in [-0.3, -0.25) is 4.90 Å². The summed E-state index contributed by atoms with van der Waals surface area (Å²) in [5, 5.41) is 0. The second kappa shape index (κ2) is 3.92. The van der Waals surface area contributed by atoms with Crippen LogP contribution in [0.5, 0.6) is 0 Å². The van der Waals surface area contributed by atoms with Crippen molar-refractivity contribution in [1.82, 2.24) is 14.9 Å². The number of rotatable bonds is 2. The molecule has 2 rings (SSSR count). The molecule has 2 heterocycles. The normalized spacial score (nSPS) is 19.2. The molecule has 1 fully saturated rings. The molecular weight excluding hydrogens is 162 g/mol. The molecule has 1 N–H and O–H groups in total. The second-order valence-corrected chi connectivity index (χ2v) is 3.85. The van der Waals surface area contributed by atoms with Crippen molar-refractivity contribution in [3.05, 3.63) is 17.7 Å². The fourth-order valence-corrected chi connectivity index (χ4v) is 1.88. The van der Waals surface area contributed by atoms with Gasteiger partial charge in [-0.25, -0.2) is 4.98 Å². The van der Waals surface area contributed by atoms with Crippen LogP contribution in [0.25, 0.3) is 0 Å². The van der Waals surface area contributed by atoms with Crippen LogP contribution in [0.15, 0.2) is 6.20 Å². The van der Waals surface area contributed by atoms with Gasteiger partial charge in [-0.15, -0.1) is 0 Å². The summed E-state index contributed by atoms with van der Waals surface area (Å²) in [5.41, 5.74) is 1.16. The number of aryl methyl sites for hydroxylation is 1. The zero-order valence-electron chi connectivity index (χ0n) is 8.21. The van der Waals surface area contributed by atoms with Gasteiger partial charge in [0.15, 0.2) is 0 Å². The molecule has 0 aliphatic carbocycles. The quantitative estimate of drug-likeness (QED) is 0.749. The van der Waals surface area contributed by atoms with Crippen LogP contribution in [0.3, 0.4) is 0 Å². The van der Waals surface area contributed by atoms with Crippen molar-refractivity contribution >= 4 is 0 Å². The number of likely N-dealkylation sites (tertiary alicyclic amines) is 1. The van der Waals surface area contributed by atoms with E-state index in [-0.39, 0.29) is 0 Å². The number of nitrogens with one attached hydrogen (secondary N) is 1. The number of H-pyrrole nitrogens is 1. The van der Waals surface area contributed by atoms with Crippen LogP contribution in [0.4, 0.5) is 0 Å². The van der Waals surface area contributed by atoms with E-state index in [4.69, 9.17) is 0 Å². The van der Waals surface area contributed by atoms with Crippen molar-refractivity contribution in [2.75, 3.05) is 13.1 Å². The SMILES string of the molecule is Cc1cnc(CN2CCCCC2)[nH]1. The monoisotopic (exact) mass is 179 g/mol. The Morgan fingerprint density at radius 3 is 2.77 bits per heavy atom. The average Bonchev–Trinajstić information content (AvgIpc) is 2.53. The lowest BCUT2D eigenvalue weighted by atomic mass is 10.1. The van der Waals surface area contributed by atoms with E-state index < -0.39 is 0 Å². The Morgan fingerprint density at radius 1 is 1.38 bits per heavy atom. The highest BCUT2D eigenvalue weighted by Crippen LogP contribution is 2.10. The van der Waals surface area contributed by atoms with Gasteiger partial charge in [0, 0.05) is 11.9 Å². The molecule has 0 bridgehead atoms. The van der Waals surface area contributed by atoms with Crippen molar-refractivity contribution in [3.8, 4) is 0 Å². The summed E-state index contributed by atoms with van der Waals surface area (Å²) < 4.78 is 0. The Labute approximate surface area is 79.2 Å². The molecular formula is C10H17N3. The maximum Gasteiger partial charge on any atom is 0.120 e. The number of hydrogen-bond donors (Lipinski definition) is 1. The van der Waals surface area contributed by atoms with Gasteiger partial charge in [-0.2, -0.15) is 0 Å². The molecule has 0 radical (unpaired) electrons. The fourth-order valence-electron chi connectivity index (χ4n) is 1.88. The van der Waals surface area contributed by atoms with Gasteiger partial charge in [-0.05, 0) is 32.9 Å². The lowest BCUT2D eigenvalue weighted by molar-refractivity contribution is 0.216. The molecule has 0 atom stereocenters. The Morgan fingerprint density at radius 2 is 2.15 bits per heavy atom. The van der Waals surface area contributed by atoms with Crippen LogP contribution in [0, 0.1) is 6.92 Å². The third kappa shape index (κ3) is 2.31. The number of aromatic amines is 1. The molecule has 72 valence electrons. The Kier molecular flexibility index (Phi) is 2.64. The minimum atomic E-state index is 0.994. The molecule has 1 aliphatic rings. The van der Waals surface area contributed by atoms with E-state index in [0.717, 1.165) is 18.1 Å². The van der Waals surface area contributed by atoms with Crippen LogP contribution in [0.1, 0.15) is 30.8 Å². The molecule has 1 saturated heterocycles.